The zero-order valence-electron chi connectivity index (χ0n) is 19.4. The summed E-state index contributed by atoms with van der Waals surface area (Å²) in [5.74, 6) is 0. The first kappa shape index (κ1) is 24.4. The lowest BCUT2D eigenvalue weighted by molar-refractivity contribution is -0.384. The SMILES string of the molecule is CC(C)(C)[Si](C)(C)/C(=C/c1ccccc1)C1CCCN1S(=O)(=O)c1ccc([N+](=O)[O-])cc1. The van der Waals surface area contributed by atoms with Crippen molar-refractivity contribution < 1.29 is 13.3 Å². The van der Waals surface area contributed by atoms with E-state index in [0.29, 0.717) is 6.54 Å². The molecule has 1 fully saturated rings. The van der Waals surface area contributed by atoms with E-state index in [1.54, 1.807) is 4.31 Å². The van der Waals surface area contributed by atoms with Crippen molar-refractivity contribution in [3.8, 4) is 0 Å². The van der Waals surface area contributed by atoms with E-state index in [1.807, 2.05) is 18.2 Å². The van der Waals surface area contributed by atoms with Crippen LogP contribution in [-0.4, -0.2) is 38.3 Å². The third-order valence-corrected chi connectivity index (χ3v) is 14.5. The minimum atomic E-state index is -3.78. The zero-order chi connectivity index (χ0) is 23.7. The Morgan fingerprint density at radius 2 is 1.69 bits per heavy atom. The monoisotopic (exact) mass is 472 g/mol. The predicted molar refractivity (Wildman–Crippen MR) is 132 cm³/mol. The van der Waals surface area contributed by atoms with E-state index in [1.165, 1.54) is 29.5 Å². The molecule has 0 aromatic heterocycles. The summed E-state index contributed by atoms with van der Waals surface area (Å²) in [7, 11) is -5.84. The van der Waals surface area contributed by atoms with Crippen LogP contribution in [0.4, 0.5) is 5.69 Å². The van der Waals surface area contributed by atoms with Crippen LogP contribution in [0.2, 0.25) is 18.1 Å². The highest BCUT2D eigenvalue weighted by atomic mass is 32.2. The largest absolute Gasteiger partial charge is 0.269 e. The molecule has 2 aromatic carbocycles. The molecule has 1 saturated heterocycles. The van der Waals surface area contributed by atoms with Gasteiger partial charge in [0.2, 0.25) is 10.0 Å². The molecule has 0 N–H and O–H groups in total. The minimum Gasteiger partial charge on any atom is -0.258 e. The van der Waals surface area contributed by atoms with Crippen molar-refractivity contribution >= 4 is 29.9 Å². The standard InChI is InChI=1S/C24H32N2O4SSi/c1-24(2,3)32(4,5)23(18-19-10-7-6-8-11-19)22-12-9-17-25(22)31(29,30)21-15-13-20(14-16-21)26(27)28/h6-8,10-11,13-16,18,22H,9,12,17H2,1-5H3/b23-18+. The molecule has 0 bridgehead atoms. The van der Waals surface area contributed by atoms with Crippen LogP contribution < -0.4 is 0 Å². The maximum absolute atomic E-state index is 13.6. The zero-order valence-corrected chi connectivity index (χ0v) is 21.2. The molecule has 0 aliphatic carbocycles. The van der Waals surface area contributed by atoms with Crippen LogP contribution >= 0.6 is 0 Å². The normalized spacial score (nSPS) is 18.7. The van der Waals surface area contributed by atoms with Crippen molar-refractivity contribution in [2.45, 2.75) is 62.7 Å². The van der Waals surface area contributed by atoms with Gasteiger partial charge < -0.3 is 0 Å². The molecule has 32 heavy (non-hydrogen) atoms. The fraction of sp³-hybridized carbons (Fsp3) is 0.417. The Balaban J connectivity index is 2.08. The number of non-ortho nitro benzene ring substituents is 1. The quantitative estimate of drug-likeness (QED) is 0.299. The highest BCUT2D eigenvalue weighted by Crippen LogP contribution is 2.45. The number of nitro benzene ring substituents is 1. The molecule has 0 amide bonds. The van der Waals surface area contributed by atoms with E-state index in [4.69, 9.17) is 0 Å². The fourth-order valence-corrected chi connectivity index (χ4v) is 8.36. The summed E-state index contributed by atoms with van der Waals surface area (Å²) in [5.41, 5.74) is 0.958. The number of hydrogen-bond donors (Lipinski definition) is 0. The maximum Gasteiger partial charge on any atom is 0.269 e. The van der Waals surface area contributed by atoms with Gasteiger partial charge in [0.1, 0.15) is 0 Å². The highest BCUT2D eigenvalue weighted by Gasteiger charge is 2.46. The van der Waals surface area contributed by atoms with Gasteiger partial charge in [0.25, 0.3) is 5.69 Å². The number of hydrogen-bond acceptors (Lipinski definition) is 4. The lowest BCUT2D eigenvalue weighted by atomic mass is 10.1. The summed E-state index contributed by atoms with van der Waals surface area (Å²) in [6.07, 6.45) is 3.76. The van der Waals surface area contributed by atoms with Gasteiger partial charge in [-0.3, -0.25) is 10.1 Å². The first-order valence-corrected chi connectivity index (χ1v) is 15.3. The average Bonchev–Trinajstić information content (AvgIpc) is 3.22. The van der Waals surface area contributed by atoms with Crippen LogP contribution in [0.5, 0.6) is 0 Å². The molecule has 6 nitrogen and oxygen atoms in total. The van der Waals surface area contributed by atoms with E-state index in [9.17, 15) is 18.5 Å². The van der Waals surface area contributed by atoms with Gasteiger partial charge in [-0.05, 0) is 35.6 Å². The molecule has 0 radical (unpaired) electrons. The Hall–Kier alpha value is -2.29. The van der Waals surface area contributed by atoms with Crippen LogP contribution in [0.1, 0.15) is 39.2 Å². The molecular weight excluding hydrogens is 440 g/mol. The lowest BCUT2D eigenvalue weighted by Gasteiger charge is -2.43. The van der Waals surface area contributed by atoms with Crippen molar-refractivity contribution in [2.24, 2.45) is 0 Å². The van der Waals surface area contributed by atoms with Gasteiger partial charge in [-0.25, -0.2) is 8.42 Å². The van der Waals surface area contributed by atoms with Crippen molar-refractivity contribution in [1.82, 2.24) is 4.31 Å². The van der Waals surface area contributed by atoms with Crippen LogP contribution in [0.3, 0.4) is 0 Å². The summed E-state index contributed by atoms with van der Waals surface area (Å²) in [4.78, 5) is 10.6. The van der Waals surface area contributed by atoms with Crippen molar-refractivity contribution in [1.29, 1.82) is 0 Å². The second-order valence-corrected chi connectivity index (χ2v) is 17.1. The summed E-state index contributed by atoms with van der Waals surface area (Å²) in [6, 6.07) is 15.1. The van der Waals surface area contributed by atoms with Gasteiger partial charge in [-0.1, -0.05) is 75.5 Å². The minimum absolute atomic E-state index is 0.0407. The van der Waals surface area contributed by atoms with E-state index < -0.39 is 23.0 Å². The Morgan fingerprint density at radius 3 is 2.22 bits per heavy atom. The van der Waals surface area contributed by atoms with E-state index in [0.717, 1.165) is 18.4 Å². The maximum atomic E-state index is 13.6. The number of nitro groups is 1. The number of benzene rings is 2. The predicted octanol–water partition coefficient (Wildman–Crippen LogP) is 5.88. The lowest BCUT2D eigenvalue weighted by Crippen LogP contribution is -2.48. The van der Waals surface area contributed by atoms with Crippen LogP contribution in [0.25, 0.3) is 6.08 Å². The molecule has 0 saturated carbocycles. The first-order valence-electron chi connectivity index (χ1n) is 10.9. The van der Waals surface area contributed by atoms with Crippen molar-refractivity contribution in [3.05, 3.63) is 75.5 Å². The van der Waals surface area contributed by atoms with Crippen molar-refractivity contribution in [3.63, 3.8) is 0 Å². The number of nitrogens with zero attached hydrogens (tertiary/aromatic N) is 2. The fourth-order valence-electron chi connectivity index (χ4n) is 4.07. The highest BCUT2D eigenvalue weighted by molar-refractivity contribution is 7.89. The molecule has 1 unspecified atom stereocenters. The Kier molecular flexibility index (Phi) is 6.79. The van der Waals surface area contributed by atoms with E-state index in [2.05, 4.69) is 52.1 Å². The van der Waals surface area contributed by atoms with Crippen LogP contribution in [-0.2, 0) is 10.0 Å². The molecule has 3 rings (SSSR count). The third-order valence-electron chi connectivity index (χ3n) is 6.94. The van der Waals surface area contributed by atoms with Crippen LogP contribution in [0.15, 0.2) is 64.7 Å². The molecule has 0 spiro atoms. The topological polar surface area (TPSA) is 80.5 Å². The van der Waals surface area contributed by atoms with Gasteiger partial charge in [-0.15, -0.1) is 0 Å². The molecule has 172 valence electrons. The second-order valence-electron chi connectivity index (χ2n) is 9.91. The number of sulfonamides is 1. The van der Waals surface area contributed by atoms with E-state index >= 15 is 0 Å². The average molecular weight is 473 g/mol. The van der Waals surface area contributed by atoms with E-state index in [-0.39, 0.29) is 21.7 Å². The smallest absolute Gasteiger partial charge is 0.258 e. The summed E-state index contributed by atoms with van der Waals surface area (Å²) < 4.78 is 28.8. The molecular formula is C24H32N2O4SSi. The third kappa shape index (κ3) is 4.72. The summed E-state index contributed by atoms with van der Waals surface area (Å²) in [6.45, 7) is 11.8. The second kappa shape index (κ2) is 8.92. The van der Waals surface area contributed by atoms with Gasteiger partial charge in [-0.2, -0.15) is 4.31 Å². The molecule has 8 heteroatoms. The Morgan fingerprint density at radius 1 is 1.09 bits per heavy atom. The molecule has 1 aliphatic rings. The van der Waals surface area contributed by atoms with Gasteiger partial charge in [0.15, 0.2) is 0 Å². The summed E-state index contributed by atoms with van der Waals surface area (Å²) >= 11 is 0. The molecule has 1 heterocycles. The Labute approximate surface area is 192 Å². The van der Waals surface area contributed by atoms with Crippen LogP contribution in [0, 0.1) is 10.1 Å². The molecule has 1 aliphatic heterocycles. The van der Waals surface area contributed by atoms with Gasteiger partial charge in [0.05, 0.1) is 17.9 Å². The summed E-state index contributed by atoms with van der Waals surface area (Å²) in [5, 5.41) is 12.2. The number of rotatable bonds is 6. The Bertz CT molecular complexity index is 1100. The molecule has 1 atom stereocenters. The van der Waals surface area contributed by atoms with Gasteiger partial charge >= 0.3 is 0 Å². The van der Waals surface area contributed by atoms with Crippen molar-refractivity contribution in [2.75, 3.05) is 6.54 Å². The first-order chi connectivity index (χ1) is 14.9. The van der Waals surface area contributed by atoms with Gasteiger partial charge in [0, 0.05) is 24.7 Å². The molecule has 2 aromatic rings.